The van der Waals surface area contributed by atoms with Gasteiger partial charge < -0.3 is 14.1 Å². The smallest absolute Gasteiger partial charge is 0.378 e. The van der Waals surface area contributed by atoms with Crippen molar-refractivity contribution in [3.63, 3.8) is 0 Å². The Bertz CT molecular complexity index is 1140. The van der Waals surface area contributed by atoms with E-state index in [1.807, 2.05) is 21.1 Å². The van der Waals surface area contributed by atoms with E-state index < -0.39 is 7.82 Å². The fourth-order valence-electron chi connectivity index (χ4n) is 11.7. The zero-order valence-electron chi connectivity index (χ0n) is 36.2. The highest BCUT2D eigenvalue weighted by molar-refractivity contribution is 7.47. The number of likely N-dealkylation sites (N-methyl/N-ethyl adjacent to an activating group) is 1. The van der Waals surface area contributed by atoms with Crippen LogP contribution in [0.3, 0.4) is 0 Å². The van der Waals surface area contributed by atoms with Gasteiger partial charge in [-0.1, -0.05) is 130 Å². The monoisotopic (exact) mass is 765 g/mol. The highest BCUT2D eigenvalue weighted by atomic mass is 31.2. The van der Waals surface area contributed by atoms with Crippen LogP contribution < -0.4 is 0 Å². The summed E-state index contributed by atoms with van der Waals surface area (Å²) in [6.07, 6.45) is 33.3. The second-order valence-electron chi connectivity index (χ2n) is 20.4. The first kappa shape index (κ1) is 45.5. The average molecular weight is 765 g/mol. The Morgan fingerprint density at radius 1 is 0.755 bits per heavy atom. The minimum absolute atomic E-state index is 0.226. The fourth-order valence-corrected chi connectivity index (χ4v) is 12.4. The van der Waals surface area contributed by atoms with Crippen molar-refractivity contribution in [3.05, 3.63) is 11.6 Å². The number of hydrogen-bond acceptors (Lipinski definition) is 4. The van der Waals surface area contributed by atoms with Gasteiger partial charge in [0.25, 0.3) is 0 Å². The van der Waals surface area contributed by atoms with Crippen LogP contribution in [0.25, 0.3) is 0 Å². The highest BCUT2D eigenvalue weighted by Gasteiger charge is 2.59. The van der Waals surface area contributed by atoms with Crippen LogP contribution in [0.2, 0.25) is 0 Å². The van der Waals surface area contributed by atoms with E-state index in [2.05, 4.69) is 40.7 Å². The predicted molar refractivity (Wildman–Crippen MR) is 223 cm³/mol. The van der Waals surface area contributed by atoms with E-state index in [0.29, 0.717) is 34.6 Å². The molecule has 4 rings (SSSR count). The maximum absolute atomic E-state index is 12.0. The zero-order valence-corrected chi connectivity index (χ0v) is 37.1. The molecule has 0 aromatic rings. The first-order chi connectivity index (χ1) is 25.1. The van der Waals surface area contributed by atoms with Crippen LogP contribution in [0, 0.1) is 46.3 Å². The summed E-state index contributed by atoms with van der Waals surface area (Å²) in [5.74, 6) is 5.46. The molecule has 0 radical (unpaired) electrons. The summed E-state index contributed by atoms with van der Waals surface area (Å²) in [6.45, 7) is 14.9. The molecule has 9 atom stereocenters. The minimum atomic E-state index is -3.91. The van der Waals surface area contributed by atoms with Gasteiger partial charge in [-0.15, -0.1) is 0 Å². The van der Waals surface area contributed by atoms with Gasteiger partial charge in [0.1, 0.15) is 13.2 Å². The number of rotatable bonds is 26. The fraction of sp³-hybridized carbons (Fsp3) is 0.957. The molecular weight excluding hydrogens is 677 g/mol. The van der Waals surface area contributed by atoms with Crippen LogP contribution in [-0.2, 0) is 18.3 Å². The first-order valence-corrected chi connectivity index (χ1v) is 24.4. The van der Waals surface area contributed by atoms with Gasteiger partial charge in [-0.25, -0.2) is 4.57 Å². The zero-order chi connectivity index (χ0) is 38.5. The standard InChI is InChI=1S/C46H86NO5P/c1-37(2)22-21-23-38(3)42-26-27-43-41-25-24-39-36-40(28-30-45(39,4)44(41)29-31-46(42,43)5)50-33-19-17-15-13-11-9-10-12-14-16-18-20-34-51-53(48,49)52-35-32-47(6,7)8/h24,37-38,40-44H,9-23,25-36H2,1-8H3/p+1/t38-,40+,41+,42-,43+,44+,45+,46-/m1/s1. The lowest BCUT2D eigenvalue weighted by molar-refractivity contribution is -0.870. The highest BCUT2D eigenvalue weighted by Crippen LogP contribution is 2.67. The minimum Gasteiger partial charge on any atom is -0.378 e. The number of nitrogens with zero attached hydrogens (tertiary/aromatic N) is 1. The molecule has 0 amide bonds. The van der Waals surface area contributed by atoms with E-state index in [1.165, 1.54) is 135 Å². The summed E-state index contributed by atoms with van der Waals surface area (Å²) in [7, 11) is 2.16. The summed E-state index contributed by atoms with van der Waals surface area (Å²) < 4.78 is 29.4. The van der Waals surface area contributed by atoms with Gasteiger partial charge >= 0.3 is 7.82 Å². The summed E-state index contributed by atoms with van der Waals surface area (Å²) in [5.41, 5.74) is 2.78. The SMILES string of the molecule is CC(C)CCC[C@@H](C)[C@H]1CC[C@H]2[C@@H]3CC=C4C[C@@H](OCCCCCCCCCCCCCCOP(=O)(O)OCC[N+](C)(C)C)CC[C@]4(C)[C@H]3CC[C@]12C. The van der Waals surface area contributed by atoms with E-state index in [9.17, 15) is 9.46 Å². The molecule has 4 aliphatic carbocycles. The van der Waals surface area contributed by atoms with Gasteiger partial charge in [-0.05, 0) is 111 Å². The number of phosphoric ester groups is 1. The molecule has 310 valence electrons. The summed E-state index contributed by atoms with van der Waals surface area (Å²) in [4.78, 5) is 9.80. The molecule has 1 N–H and O–H groups in total. The Morgan fingerprint density at radius 3 is 1.98 bits per heavy atom. The van der Waals surface area contributed by atoms with Crippen LogP contribution >= 0.6 is 7.82 Å². The van der Waals surface area contributed by atoms with Crippen molar-refractivity contribution >= 4 is 7.82 Å². The Labute approximate surface area is 328 Å². The van der Waals surface area contributed by atoms with Crippen molar-refractivity contribution in [3.8, 4) is 0 Å². The number of allylic oxidation sites excluding steroid dienone is 1. The maximum Gasteiger partial charge on any atom is 0.472 e. The largest absolute Gasteiger partial charge is 0.472 e. The van der Waals surface area contributed by atoms with Crippen molar-refractivity contribution in [1.29, 1.82) is 0 Å². The average Bonchev–Trinajstić information content (AvgIpc) is 3.44. The van der Waals surface area contributed by atoms with E-state index in [4.69, 9.17) is 13.8 Å². The molecule has 0 saturated heterocycles. The summed E-state index contributed by atoms with van der Waals surface area (Å²) >= 11 is 0. The first-order valence-electron chi connectivity index (χ1n) is 22.9. The molecule has 0 bridgehead atoms. The Balaban J connectivity index is 1.00. The van der Waals surface area contributed by atoms with E-state index >= 15 is 0 Å². The molecule has 1 unspecified atom stereocenters. The number of quaternary nitrogens is 1. The molecule has 0 heterocycles. The third-order valence-electron chi connectivity index (χ3n) is 14.9. The van der Waals surface area contributed by atoms with Crippen LogP contribution in [0.4, 0.5) is 0 Å². The van der Waals surface area contributed by atoms with Crippen molar-refractivity contribution < 1.29 is 27.7 Å². The van der Waals surface area contributed by atoms with Crippen molar-refractivity contribution in [1.82, 2.24) is 0 Å². The predicted octanol–water partition coefficient (Wildman–Crippen LogP) is 12.9. The molecule has 3 saturated carbocycles. The number of hydrogen-bond donors (Lipinski definition) is 1. The lowest BCUT2D eigenvalue weighted by Crippen LogP contribution is -2.51. The molecule has 53 heavy (non-hydrogen) atoms. The lowest BCUT2D eigenvalue weighted by atomic mass is 9.47. The van der Waals surface area contributed by atoms with Crippen LogP contribution in [0.5, 0.6) is 0 Å². The Kier molecular flexibility index (Phi) is 18.5. The van der Waals surface area contributed by atoms with E-state index in [-0.39, 0.29) is 6.61 Å². The quantitative estimate of drug-likeness (QED) is 0.0411. The van der Waals surface area contributed by atoms with Gasteiger partial charge in [0.05, 0.1) is 33.9 Å². The van der Waals surface area contributed by atoms with Crippen LogP contribution in [0.1, 0.15) is 182 Å². The number of ether oxygens (including phenoxy) is 1. The van der Waals surface area contributed by atoms with Gasteiger partial charge in [-0.3, -0.25) is 9.05 Å². The molecule has 4 aliphatic rings. The third kappa shape index (κ3) is 14.0. The third-order valence-corrected chi connectivity index (χ3v) is 15.9. The van der Waals surface area contributed by atoms with Crippen molar-refractivity contribution in [2.24, 2.45) is 46.3 Å². The lowest BCUT2D eigenvalue weighted by Gasteiger charge is -2.58. The normalized spacial score (nSPS) is 31.8. The van der Waals surface area contributed by atoms with E-state index in [0.717, 1.165) is 55.0 Å². The van der Waals surface area contributed by atoms with Gasteiger partial charge in [0.15, 0.2) is 0 Å². The van der Waals surface area contributed by atoms with Crippen LogP contribution in [0.15, 0.2) is 11.6 Å². The Morgan fingerprint density at radius 2 is 1.36 bits per heavy atom. The molecule has 7 heteroatoms. The topological polar surface area (TPSA) is 65.0 Å². The number of phosphoric acid groups is 1. The molecule has 0 aromatic carbocycles. The van der Waals surface area contributed by atoms with Crippen LogP contribution in [-0.4, -0.2) is 63.0 Å². The van der Waals surface area contributed by atoms with Crippen molar-refractivity contribution in [2.45, 2.75) is 188 Å². The molecule has 0 aliphatic heterocycles. The second-order valence-corrected chi connectivity index (χ2v) is 21.9. The van der Waals surface area contributed by atoms with Gasteiger partial charge in [-0.2, -0.15) is 0 Å². The summed E-state index contributed by atoms with van der Waals surface area (Å²) in [6, 6.07) is 0. The van der Waals surface area contributed by atoms with Crippen molar-refractivity contribution in [2.75, 3.05) is 47.5 Å². The molecule has 0 aromatic heterocycles. The van der Waals surface area contributed by atoms with Gasteiger partial charge in [0, 0.05) is 6.61 Å². The summed E-state index contributed by atoms with van der Waals surface area (Å²) in [5, 5.41) is 0. The number of unbranched alkanes of at least 4 members (excludes halogenated alkanes) is 11. The molecule has 0 spiro atoms. The maximum atomic E-state index is 12.0. The molecule has 3 fully saturated rings. The van der Waals surface area contributed by atoms with Gasteiger partial charge in [0.2, 0.25) is 0 Å². The van der Waals surface area contributed by atoms with E-state index in [1.54, 1.807) is 5.57 Å². The second kappa shape index (κ2) is 21.5. The number of fused-ring (bicyclic) bond motifs is 5. The molecule has 6 nitrogen and oxygen atoms in total. The Hall–Kier alpha value is -0.230. The molecular formula is C46H87NO5P+.